The fourth-order valence-corrected chi connectivity index (χ4v) is 5.99. The van der Waals surface area contributed by atoms with Crippen molar-refractivity contribution in [2.24, 2.45) is 0 Å². The second-order valence-corrected chi connectivity index (χ2v) is 10.8. The molecular formula is C29H25N3O4S2. The summed E-state index contributed by atoms with van der Waals surface area (Å²) in [7, 11) is 0. The zero-order valence-electron chi connectivity index (χ0n) is 20.6. The number of thioether (sulfide) groups is 1. The van der Waals surface area contributed by atoms with Gasteiger partial charge in [0.05, 0.1) is 18.2 Å². The van der Waals surface area contributed by atoms with Crippen LogP contribution in [0.4, 0.5) is 5.13 Å². The molecule has 5 rings (SSSR count). The van der Waals surface area contributed by atoms with E-state index in [0.717, 1.165) is 12.0 Å². The van der Waals surface area contributed by atoms with Crippen molar-refractivity contribution in [3.05, 3.63) is 107 Å². The van der Waals surface area contributed by atoms with E-state index in [-0.39, 0.29) is 11.3 Å². The Balaban J connectivity index is 1.55. The maximum Gasteiger partial charge on any atom is 0.301 e. The molecular weight excluding hydrogens is 518 g/mol. The lowest BCUT2D eigenvalue weighted by atomic mass is 9.95. The largest absolute Gasteiger partial charge is 0.507 e. The lowest BCUT2D eigenvalue weighted by molar-refractivity contribution is -0.132. The Morgan fingerprint density at radius 2 is 1.74 bits per heavy atom. The summed E-state index contributed by atoms with van der Waals surface area (Å²) in [6, 6.07) is 25.1. The molecule has 1 aliphatic rings. The number of ketones is 1. The number of carbonyl (C=O) groups is 2. The summed E-state index contributed by atoms with van der Waals surface area (Å²) < 4.78 is 6.49. The van der Waals surface area contributed by atoms with Gasteiger partial charge in [-0.2, -0.15) is 0 Å². The number of aliphatic hydroxyl groups excluding tert-OH is 1. The SMILES string of the molecule is CCCOc1cccc(C2/C(=C(\O)c3ccccc3)C(=O)C(=O)N2c2nnc(SCc3ccccc3)s2)c1. The maximum atomic E-state index is 13.4. The number of hydrogen-bond acceptors (Lipinski definition) is 8. The van der Waals surface area contributed by atoms with Crippen LogP contribution in [0.15, 0.2) is 94.8 Å². The van der Waals surface area contributed by atoms with Gasteiger partial charge in [-0.1, -0.05) is 103 Å². The smallest absolute Gasteiger partial charge is 0.301 e. The minimum absolute atomic E-state index is 0.00234. The Kier molecular flexibility index (Phi) is 7.86. The number of aliphatic hydroxyl groups is 1. The average molecular weight is 544 g/mol. The monoisotopic (exact) mass is 543 g/mol. The van der Waals surface area contributed by atoms with Crippen LogP contribution in [0.2, 0.25) is 0 Å². The Morgan fingerprint density at radius 1 is 1.00 bits per heavy atom. The fraction of sp³-hybridized carbons (Fsp3) is 0.172. The number of hydrogen-bond donors (Lipinski definition) is 1. The lowest BCUT2D eigenvalue weighted by Crippen LogP contribution is -2.29. The quantitative estimate of drug-likeness (QED) is 0.0877. The van der Waals surface area contributed by atoms with E-state index in [1.807, 2.05) is 61.5 Å². The summed E-state index contributed by atoms with van der Waals surface area (Å²) >= 11 is 2.75. The predicted octanol–water partition coefficient (Wildman–Crippen LogP) is 6.25. The first-order valence-electron chi connectivity index (χ1n) is 12.2. The summed E-state index contributed by atoms with van der Waals surface area (Å²) in [5, 5.41) is 20.1. The third kappa shape index (κ3) is 5.34. The van der Waals surface area contributed by atoms with Crippen molar-refractivity contribution in [3.63, 3.8) is 0 Å². The molecule has 4 aromatic rings. The predicted molar refractivity (Wildman–Crippen MR) is 149 cm³/mol. The molecule has 1 fully saturated rings. The van der Waals surface area contributed by atoms with Crippen molar-refractivity contribution in [2.75, 3.05) is 11.5 Å². The van der Waals surface area contributed by atoms with Gasteiger partial charge in [-0.25, -0.2) is 0 Å². The van der Waals surface area contributed by atoms with Crippen molar-refractivity contribution in [3.8, 4) is 5.75 Å². The molecule has 1 atom stereocenters. The van der Waals surface area contributed by atoms with Gasteiger partial charge in [-0.15, -0.1) is 10.2 Å². The van der Waals surface area contributed by atoms with Gasteiger partial charge in [0.25, 0.3) is 5.78 Å². The van der Waals surface area contributed by atoms with Gasteiger partial charge in [-0.3, -0.25) is 14.5 Å². The maximum absolute atomic E-state index is 13.4. The van der Waals surface area contributed by atoms with Crippen LogP contribution >= 0.6 is 23.1 Å². The average Bonchev–Trinajstić information content (AvgIpc) is 3.53. The second kappa shape index (κ2) is 11.6. The van der Waals surface area contributed by atoms with Crippen LogP contribution in [0.5, 0.6) is 5.75 Å². The van der Waals surface area contributed by atoms with Gasteiger partial charge in [-0.05, 0) is 29.7 Å². The number of Topliss-reactive ketones (excluding diaryl/α,β-unsaturated/α-hetero) is 1. The van der Waals surface area contributed by atoms with E-state index >= 15 is 0 Å². The van der Waals surface area contributed by atoms with Gasteiger partial charge in [0.2, 0.25) is 5.13 Å². The Labute approximate surface area is 228 Å². The molecule has 1 N–H and O–H groups in total. The first-order chi connectivity index (χ1) is 18.6. The van der Waals surface area contributed by atoms with Crippen molar-refractivity contribution >= 4 is 45.7 Å². The molecule has 0 aliphatic carbocycles. The number of rotatable bonds is 9. The summed E-state index contributed by atoms with van der Waals surface area (Å²) in [6.07, 6.45) is 0.838. The molecule has 1 aliphatic heterocycles. The van der Waals surface area contributed by atoms with E-state index in [1.165, 1.54) is 28.0 Å². The third-order valence-corrected chi connectivity index (χ3v) is 8.07. The number of amides is 1. The molecule has 192 valence electrons. The van der Waals surface area contributed by atoms with Crippen LogP contribution in [-0.2, 0) is 15.3 Å². The Morgan fingerprint density at radius 3 is 2.47 bits per heavy atom. The number of nitrogens with zero attached hydrogens (tertiary/aromatic N) is 3. The van der Waals surface area contributed by atoms with E-state index < -0.39 is 17.7 Å². The van der Waals surface area contributed by atoms with E-state index in [4.69, 9.17) is 4.74 Å². The highest BCUT2D eigenvalue weighted by Crippen LogP contribution is 2.44. The van der Waals surface area contributed by atoms with Gasteiger partial charge in [0, 0.05) is 11.3 Å². The fourth-order valence-electron chi connectivity index (χ4n) is 4.17. The zero-order chi connectivity index (χ0) is 26.5. The molecule has 1 amide bonds. The normalized spacial score (nSPS) is 16.7. The molecule has 38 heavy (non-hydrogen) atoms. The van der Waals surface area contributed by atoms with E-state index in [0.29, 0.717) is 38.7 Å². The van der Waals surface area contributed by atoms with Crippen molar-refractivity contribution in [2.45, 2.75) is 29.5 Å². The first kappa shape index (κ1) is 25.7. The number of ether oxygens (including phenoxy) is 1. The summed E-state index contributed by atoms with van der Waals surface area (Å²) in [5.74, 6) is -0.457. The van der Waals surface area contributed by atoms with E-state index in [1.54, 1.807) is 30.3 Å². The molecule has 0 saturated carbocycles. The second-order valence-electron chi connectivity index (χ2n) is 8.58. The van der Waals surface area contributed by atoms with Crippen LogP contribution in [0, 0.1) is 0 Å². The van der Waals surface area contributed by atoms with Crippen LogP contribution in [0.25, 0.3) is 5.76 Å². The highest BCUT2D eigenvalue weighted by molar-refractivity contribution is 8.00. The van der Waals surface area contributed by atoms with Gasteiger partial charge in [0.1, 0.15) is 11.5 Å². The van der Waals surface area contributed by atoms with Crippen molar-refractivity contribution in [1.29, 1.82) is 0 Å². The number of carbonyl (C=O) groups excluding carboxylic acids is 2. The molecule has 0 spiro atoms. The number of aromatic nitrogens is 2. The molecule has 7 nitrogen and oxygen atoms in total. The number of benzene rings is 3. The van der Waals surface area contributed by atoms with Crippen molar-refractivity contribution in [1.82, 2.24) is 10.2 Å². The lowest BCUT2D eigenvalue weighted by Gasteiger charge is -2.23. The third-order valence-electron chi connectivity index (χ3n) is 5.95. The molecule has 1 unspecified atom stereocenters. The highest BCUT2D eigenvalue weighted by atomic mass is 32.2. The van der Waals surface area contributed by atoms with Gasteiger partial charge < -0.3 is 9.84 Å². The van der Waals surface area contributed by atoms with Crippen LogP contribution in [-0.4, -0.2) is 33.6 Å². The molecule has 9 heteroatoms. The molecule has 1 aromatic heterocycles. The Bertz CT molecular complexity index is 1470. The standard InChI is InChI=1S/C29H25N3O4S2/c1-2-16-36-22-15-9-14-21(17-22)24-23(25(33)20-12-7-4-8-13-20)26(34)27(35)32(24)28-30-31-29(38-28)37-18-19-10-5-3-6-11-19/h3-15,17,24,33H,2,16,18H2,1H3/b25-23+. The number of anilines is 1. The van der Waals surface area contributed by atoms with Crippen molar-refractivity contribution < 1.29 is 19.4 Å². The minimum Gasteiger partial charge on any atom is -0.507 e. The Hall–Kier alpha value is -3.95. The summed E-state index contributed by atoms with van der Waals surface area (Å²) in [5.41, 5.74) is 2.22. The minimum atomic E-state index is -0.889. The van der Waals surface area contributed by atoms with E-state index in [9.17, 15) is 14.7 Å². The van der Waals surface area contributed by atoms with Gasteiger partial charge >= 0.3 is 5.91 Å². The molecule has 3 aromatic carbocycles. The zero-order valence-corrected chi connectivity index (χ0v) is 22.2. The topological polar surface area (TPSA) is 92.6 Å². The summed E-state index contributed by atoms with van der Waals surface area (Å²) in [6.45, 7) is 2.55. The van der Waals surface area contributed by atoms with Crippen LogP contribution < -0.4 is 9.64 Å². The van der Waals surface area contributed by atoms with Gasteiger partial charge in [0.15, 0.2) is 4.34 Å². The van der Waals surface area contributed by atoms with Crippen LogP contribution in [0.1, 0.15) is 36.1 Å². The molecule has 2 heterocycles. The molecule has 0 radical (unpaired) electrons. The molecule has 0 bridgehead atoms. The van der Waals surface area contributed by atoms with Crippen LogP contribution in [0.3, 0.4) is 0 Å². The highest BCUT2D eigenvalue weighted by Gasteiger charge is 2.48. The first-order valence-corrected chi connectivity index (χ1v) is 14.0. The van der Waals surface area contributed by atoms with E-state index in [2.05, 4.69) is 10.2 Å². The molecule has 1 saturated heterocycles. The summed E-state index contributed by atoms with van der Waals surface area (Å²) in [4.78, 5) is 28.1.